The Morgan fingerprint density at radius 3 is 2.71 bits per heavy atom. The van der Waals surface area contributed by atoms with E-state index in [1.54, 1.807) is 6.21 Å². The average Bonchev–Trinajstić information content (AvgIpc) is 2.77. The van der Waals surface area contributed by atoms with E-state index < -0.39 is 4.92 Å². The predicted molar refractivity (Wildman–Crippen MR) is 67.2 cm³/mol. The Kier molecular flexibility index (Phi) is 3.24. The van der Waals surface area contributed by atoms with Crippen molar-refractivity contribution >= 4 is 27.7 Å². The lowest BCUT2D eigenvalue weighted by Crippen LogP contribution is -1.80. The topological polar surface area (TPSA) is 68.4 Å². The summed E-state index contributed by atoms with van der Waals surface area (Å²) < 4.78 is 0. The van der Waals surface area contributed by atoms with Crippen LogP contribution in [0.15, 0.2) is 35.5 Å². The van der Waals surface area contributed by atoms with Crippen LogP contribution in [-0.4, -0.2) is 16.1 Å². The molecule has 0 aliphatic rings. The van der Waals surface area contributed by atoms with Gasteiger partial charge in [0, 0.05) is 6.21 Å². The number of thiazole rings is 1. The number of aryl methyl sites for hydroxylation is 1. The monoisotopic (exact) mass is 247 g/mol. The first-order chi connectivity index (χ1) is 8.15. The van der Waals surface area contributed by atoms with Gasteiger partial charge in [0.25, 0.3) is 0 Å². The van der Waals surface area contributed by atoms with Gasteiger partial charge in [-0.3, -0.25) is 10.1 Å². The van der Waals surface area contributed by atoms with Crippen LogP contribution in [-0.2, 0) is 0 Å². The number of hydrogen-bond donors (Lipinski definition) is 0. The number of benzene rings is 1. The van der Waals surface area contributed by atoms with Crippen LogP contribution in [0.3, 0.4) is 0 Å². The molecule has 1 heterocycles. The molecule has 0 amide bonds. The third kappa shape index (κ3) is 2.94. The summed E-state index contributed by atoms with van der Waals surface area (Å²) in [5, 5.41) is 10.8. The van der Waals surface area contributed by atoms with Gasteiger partial charge in [-0.1, -0.05) is 29.8 Å². The molecule has 2 aromatic rings. The van der Waals surface area contributed by atoms with Crippen molar-refractivity contribution in [3.05, 3.63) is 51.7 Å². The van der Waals surface area contributed by atoms with E-state index >= 15 is 0 Å². The Morgan fingerprint density at radius 1 is 1.41 bits per heavy atom. The van der Waals surface area contributed by atoms with Gasteiger partial charge in [-0.2, -0.15) is 0 Å². The summed E-state index contributed by atoms with van der Waals surface area (Å²) in [7, 11) is 0. The standard InChI is InChI=1S/C11H9N3O2S/c1-8-2-4-9(5-3-8)6-12-11-13-7-10(17-11)14(15)16/h2-7H,1H3/b12-6-. The molecule has 0 saturated heterocycles. The van der Waals surface area contributed by atoms with Crippen molar-refractivity contribution in [1.29, 1.82) is 0 Å². The minimum absolute atomic E-state index is 0.000978. The Balaban J connectivity index is 2.14. The zero-order valence-corrected chi connectivity index (χ0v) is 9.85. The molecule has 6 heteroatoms. The highest BCUT2D eigenvalue weighted by molar-refractivity contribution is 7.18. The van der Waals surface area contributed by atoms with Crippen molar-refractivity contribution in [2.45, 2.75) is 6.92 Å². The molecule has 1 aromatic carbocycles. The largest absolute Gasteiger partial charge is 0.345 e. The smallest absolute Gasteiger partial charge is 0.257 e. The van der Waals surface area contributed by atoms with E-state index in [9.17, 15) is 10.1 Å². The van der Waals surface area contributed by atoms with Crippen molar-refractivity contribution in [3.63, 3.8) is 0 Å². The summed E-state index contributed by atoms with van der Waals surface area (Å²) >= 11 is 0.955. The van der Waals surface area contributed by atoms with Crippen LogP contribution in [0.4, 0.5) is 10.1 Å². The maximum atomic E-state index is 10.5. The lowest BCUT2D eigenvalue weighted by Gasteiger charge is -1.92. The molecule has 0 aliphatic heterocycles. The molecule has 0 unspecified atom stereocenters. The van der Waals surface area contributed by atoms with Crippen molar-refractivity contribution < 1.29 is 4.92 Å². The van der Waals surface area contributed by atoms with Gasteiger partial charge in [-0.15, -0.1) is 0 Å². The molecule has 0 radical (unpaired) electrons. The predicted octanol–water partition coefficient (Wildman–Crippen LogP) is 3.11. The number of hydrogen-bond acceptors (Lipinski definition) is 5. The Morgan fingerprint density at radius 2 is 2.12 bits per heavy atom. The van der Waals surface area contributed by atoms with E-state index in [2.05, 4.69) is 9.98 Å². The fourth-order valence-corrected chi connectivity index (χ4v) is 1.76. The summed E-state index contributed by atoms with van der Waals surface area (Å²) in [5.41, 5.74) is 2.11. The first-order valence-corrected chi connectivity index (χ1v) is 5.68. The van der Waals surface area contributed by atoms with E-state index in [0.29, 0.717) is 5.13 Å². The minimum Gasteiger partial charge on any atom is -0.257 e. The van der Waals surface area contributed by atoms with E-state index in [1.807, 2.05) is 31.2 Å². The lowest BCUT2D eigenvalue weighted by molar-refractivity contribution is -0.380. The molecule has 0 fully saturated rings. The SMILES string of the molecule is Cc1ccc(/C=N\c2ncc([N+](=O)[O-])s2)cc1. The number of aliphatic imine (C=N–C) groups is 1. The second-order valence-electron chi connectivity index (χ2n) is 3.41. The molecular formula is C11H9N3O2S. The second kappa shape index (κ2) is 4.84. The highest BCUT2D eigenvalue weighted by Gasteiger charge is 2.09. The van der Waals surface area contributed by atoms with Gasteiger partial charge >= 0.3 is 5.00 Å². The van der Waals surface area contributed by atoms with Crippen molar-refractivity contribution in [2.75, 3.05) is 0 Å². The summed E-state index contributed by atoms with van der Waals surface area (Å²) in [6.45, 7) is 2.01. The summed E-state index contributed by atoms with van der Waals surface area (Å²) in [6.07, 6.45) is 2.86. The number of nitrogens with zero attached hydrogens (tertiary/aromatic N) is 3. The Labute approximate surface area is 102 Å². The van der Waals surface area contributed by atoms with Crippen LogP contribution in [0, 0.1) is 17.0 Å². The zero-order chi connectivity index (χ0) is 12.3. The third-order valence-corrected chi connectivity index (χ3v) is 2.92. The van der Waals surface area contributed by atoms with Gasteiger partial charge in [-0.25, -0.2) is 9.98 Å². The van der Waals surface area contributed by atoms with Crippen molar-refractivity contribution in [3.8, 4) is 0 Å². The zero-order valence-electron chi connectivity index (χ0n) is 9.03. The van der Waals surface area contributed by atoms with Crippen LogP contribution in [0.5, 0.6) is 0 Å². The molecule has 0 atom stereocenters. The number of aromatic nitrogens is 1. The van der Waals surface area contributed by atoms with Crippen LogP contribution < -0.4 is 0 Å². The highest BCUT2D eigenvalue weighted by atomic mass is 32.1. The lowest BCUT2D eigenvalue weighted by atomic mass is 10.2. The molecule has 0 N–H and O–H groups in total. The van der Waals surface area contributed by atoms with Gasteiger partial charge in [0.2, 0.25) is 5.13 Å². The first-order valence-electron chi connectivity index (χ1n) is 4.86. The Hall–Kier alpha value is -2.08. The fourth-order valence-electron chi connectivity index (χ4n) is 1.18. The average molecular weight is 247 g/mol. The molecule has 1 aromatic heterocycles. The van der Waals surface area contributed by atoms with Gasteiger partial charge < -0.3 is 0 Å². The van der Waals surface area contributed by atoms with Gasteiger partial charge in [-0.05, 0) is 23.8 Å². The molecule has 0 saturated carbocycles. The van der Waals surface area contributed by atoms with E-state index in [4.69, 9.17) is 0 Å². The van der Waals surface area contributed by atoms with Crippen LogP contribution in [0.2, 0.25) is 0 Å². The van der Waals surface area contributed by atoms with Crippen LogP contribution in [0.1, 0.15) is 11.1 Å². The summed E-state index contributed by atoms with van der Waals surface area (Å²) in [5.74, 6) is 0. The molecule has 17 heavy (non-hydrogen) atoms. The molecule has 0 spiro atoms. The number of nitro groups is 1. The van der Waals surface area contributed by atoms with Crippen molar-refractivity contribution in [2.24, 2.45) is 4.99 Å². The molecule has 0 aliphatic carbocycles. The third-order valence-electron chi connectivity index (χ3n) is 2.06. The fraction of sp³-hybridized carbons (Fsp3) is 0.0909. The summed E-state index contributed by atoms with van der Waals surface area (Å²) in [4.78, 5) is 17.9. The van der Waals surface area contributed by atoms with E-state index in [0.717, 1.165) is 16.9 Å². The van der Waals surface area contributed by atoms with Crippen LogP contribution >= 0.6 is 11.3 Å². The highest BCUT2D eigenvalue weighted by Crippen LogP contribution is 2.27. The maximum absolute atomic E-state index is 10.5. The first kappa shape index (κ1) is 11.4. The second-order valence-corrected chi connectivity index (χ2v) is 4.39. The van der Waals surface area contributed by atoms with Crippen LogP contribution in [0.25, 0.3) is 0 Å². The normalized spacial score (nSPS) is 10.9. The quantitative estimate of drug-likeness (QED) is 0.475. The van der Waals surface area contributed by atoms with Gasteiger partial charge in [0.15, 0.2) is 0 Å². The molecule has 86 valence electrons. The van der Waals surface area contributed by atoms with Crippen molar-refractivity contribution in [1.82, 2.24) is 4.98 Å². The van der Waals surface area contributed by atoms with Gasteiger partial charge in [0.05, 0.1) is 4.92 Å². The van der Waals surface area contributed by atoms with E-state index in [1.165, 1.54) is 11.8 Å². The molecule has 2 rings (SSSR count). The molecule has 5 nitrogen and oxygen atoms in total. The minimum atomic E-state index is -0.470. The molecular weight excluding hydrogens is 238 g/mol. The maximum Gasteiger partial charge on any atom is 0.345 e. The number of rotatable bonds is 3. The summed E-state index contributed by atoms with van der Waals surface area (Å²) in [6, 6.07) is 7.82. The van der Waals surface area contributed by atoms with Gasteiger partial charge in [0.1, 0.15) is 6.20 Å². The Bertz CT molecular complexity index is 560. The van der Waals surface area contributed by atoms with E-state index in [-0.39, 0.29) is 5.00 Å². The molecule has 0 bridgehead atoms.